The van der Waals surface area contributed by atoms with Crippen LogP contribution in [0.5, 0.6) is 0 Å². The monoisotopic (exact) mass is 222 g/mol. The number of furan rings is 1. The van der Waals surface area contributed by atoms with Gasteiger partial charge in [0.2, 0.25) is 0 Å². The summed E-state index contributed by atoms with van der Waals surface area (Å²) >= 11 is 0. The molecule has 2 rings (SSSR count). The molecule has 0 amide bonds. The highest BCUT2D eigenvalue weighted by Crippen LogP contribution is 2.13. The number of hydrogen-bond donors (Lipinski definition) is 1. The van der Waals surface area contributed by atoms with Crippen molar-refractivity contribution in [2.75, 3.05) is 32.7 Å². The zero-order valence-electron chi connectivity index (χ0n) is 10.3. The number of nitrogens with one attached hydrogen (secondary N) is 1. The Bertz CT molecular complexity index is 315. The Morgan fingerprint density at radius 2 is 2.12 bits per heavy atom. The first-order valence-electron chi connectivity index (χ1n) is 6.22. The average Bonchev–Trinajstić information content (AvgIpc) is 2.65. The van der Waals surface area contributed by atoms with Crippen molar-refractivity contribution in [3.8, 4) is 0 Å². The highest BCUT2D eigenvalue weighted by Gasteiger charge is 2.14. The highest BCUT2D eigenvalue weighted by molar-refractivity contribution is 5.06. The first kappa shape index (κ1) is 11.7. The molecule has 3 nitrogen and oxygen atoms in total. The molecule has 0 bridgehead atoms. The van der Waals surface area contributed by atoms with Gasteiger partial charge in [0.1, 0.15) is 11.5 Å². The van der Waals surface area contributed by atoms with E-state index in [4.69, 9.17) is 4.42 Å². The molecule has 1 saturated heterocycles. The Labute approximate surface area is 97.8 Å². The van der Waals surface area contributed by atoms with Crippen molar-refractivity contribution in [2.45, 2.75) is 20.3 Å². The molecular weight excluding hydrogens is 200 g/mol. The lowest BCUT2D eigenvalue weighted by Gasteiger charge is -2.29. The maximum atomic E-state index is 5.61. The van der Waals surface area contributed by atoms with Gasteiger partial charge in [0.25, 0.3) is 0 Å². The first-order valence-corrected chi connectivity index (χ1v) is 6.22. The van der Waals surface area contributed by atoms with Gasteiger partial charge in [0, 0.05) is 39.1 Å². The predicted molar refractivity (Wildman–Crippen MR) is 65.6 cm³/mol. The van der Waals surface area contributed by atoms with Crippen molar-refractivity contribution in [1.29, 1.82) is 0 Å². The van der Waals surface area contributed by atoms with Crippen LogP contribution >= 0.6 is 0 Å². The Morgan fingerprint density at radius 3 is 2.75 bits per heavy atom. The van der Waals surface area contributed by atoms with E-state index in [-0.39, 0.29) is 0 Å². The topological polar surface area (TPSA) is 28.4 Å². The minimum Gasteiger partial charge on any atom is -0.466 e. The SMILES string of the molecule is Cc1ccc(CC(C)CN2CCNCC2)o1. The highest BCUT2D eigenvalue weighted by atomic mass is 16.3. The Morgan fingerprint density at radius 1 is 1.38 bits per heavy atom. The van der Waals surface area contributed by atoms with E-state index in [1.807, 2.05) is 13.0 Å². The van der Waals surface area contributed by atoms with Crippen molar-refractivity contribution in [3.05, 3.63) is 23.7 Å². The van der Waals surface area contributed by atoms with E-state index in [1.165, 1.54) is 19.6 Å². The molecule has 1 aromatic rings. The van der Waals surface area contributed by atoms with Crippen LogP contribution in [0.4, 0.5) is 0 Å². The second kappa shape index (κ2) is 5.51. The Hall–Kier alpha value is -0.800. The van der Waals surface area contributed by atoms with Crippen molar-refractivity contribution >= 4 is 0 Å². The lowest BCUT2D eigenvalue weighted by atomic mass is 10.1. The molecule has 0 saturated carbocycles. The van der Waals surface area contributed by atoms with E-state index in [2.05, 4.69) is 23.2 Å². The van der Waals surface area contributed by atoms with Gasteiger partial charge in [-0.25, -0.2) is 0 Å². The fourth-order valence-corrected chi connectivity index (χ4v) is 2.34. The third-order valence-electron chi connectivity index (χ3n) is 3.13. The zero-order valence-corrected chi connectivity index (χ0v) is 10.3. The summed E-state index contributed by atoms with van der Waals surface area (Å²) in [6.45, 7) is 10.1. The first-order chi connectivity index (χ1) is 7.74. The zero-order chi connectivity index (χ0) is 11.4. The summed E-state index contributed by atoms with van der Waals surface area (Å²) in [5.74, 6) is 2.81. The maximum absolute atomic E-state index is 5.61. The second-order valence-electron chi connectivity index (χ2n) is 4.87. The molecule has 1 aromatic heterocycles. The summed E-state index contributed by atoms with van der Waals surface area (Å²) in [6.07, 6.45) is 1.05. The van der Waals surface area contributed by atoms with E-state index < -0.39 is 0 Å². The quantitative estimate of drug-likeness (QED) is 0.840. The molecule has 1 atom stereocenters. The van der Waals surface area contributed by atoms with Gasteiger partial charge in [-0.05, 0) is 25.0 Å². The number of hydrogen-bond acceptors (Lipinski definition) is 3. The van der Waals surface area contributed by atoms with Crippen LogP contribution in [0, 0.1) is 12.8 Å². The minimum atomic E-state index is 0.670. The van der Waals surface area contributed by atoms with Gasteiger partial charge in [-0.2, -0.15) is 0 Å². The molecule has 0 spiro atoms. The second-order valence-corrected chi connectivity index (χ2v) is 4.87. The number of rotatable bonds is 4. The number of aryl methyl sites for hydroxylation is 1. The number of nitrogens with zero attached hydrogens (tertiary/aromatic N) is 1. The average molecular weight is 222 g/mol. The van der Waals surface area contributed by atoms with Gasteiger partial charge in [0.15, 0.2) is 0 Å². The summed E-state index contributed by atoms with van der Waals surface area (Å²) in [5.41, 5.74) is 0. The molecule has 0 aliphatic carbocycles. The summed E-state index contributed by atoms with van der Waals surface area (Å²) in [6, 6.07) is 4.15. The molecule has 90 valence electrons. The molecule has 16 heavy (non-hydrogen) atoms. The van der Waals surface area contributed by atoms with Crippen LogP contribution in [0.25, 0.3) is 0 Å². The number of piperazine rings is 1. The largest absolute Gasteiger partial charge is 0.466 e. The molecule has 1 fully saturated rings. The van der Waals surface area contributed by atoms with Crippen LogP contribution in [-0.2, 0) is 6.42 Å². The summed E-state index contributed by atoms with van der Waals surface area (Å²) < 4.78 is 5.61. The fraction of sp³-hybridized carbons (Fsp3) is 0.692. The van der Waals surface area contributed by atoms with E-state index in [0.717, 1.165) is 31.0 Å². The summed E-state index contributed by atoms with van der Waals surface area (Å²) in [4.78, 5) is 2.54. The van der Waals surface area contributed by atoms with E-state index in [0.29, 0.717) is 5.92 Å². The van der Waals surface area contributed by atoms with Crippen molar-refractivity contribution in [1.82, 2.24) is 10.2 Å². The third kappa shape index (κ3) is 3.35. The molecule has 0 aromatic carbocycles. The minimum absolute atomic E-state index is 0.670. The van der Waals surface area contributed by atoms with Gasteiger partial charge in [-0.3, -0.25) is 0 Å². The molecule has 1 aliphatic rings. The van der Waals surface area contributed by atoms with Crippen LogP contribution in [0.1, 0.15) is 18.4 Å². The smallest absolute Gasteiger partial charge is 0.104 e. The van der Waals surface area contributed by atoms with Gasteiger partial charge in [-0.1, -0.05) is 6.92 Å². The predicted octanol–water partition coefficient (Wildman–Crippen LogP) is 1.67. The van der Waals surface area contributed by atoms with Gasteiger partial charge in [-0.15, -0.1) is 0 Å². The van der Waals surface area contributed by atoms with Crippen LogP contribution in [0.15, 0.2) is 16.5 Å². The molecule has 1 unspecified atom stereocenters. The lowest BCUT2D eigenvalue weighted by molar-refractivity contribution is 0.208. The van der Waals surface area contributed by atoms with Gasteiger partial charge in [0.05, 0.1) is 0 Å². The normalized spacial score (nSPS) is 19.9. The van der Waals surface area contributed by atoms with Crippen molar-refractivity contribution in [2.24, 2.45) is 5.92 Å². The van der Waals surface area contributed by atoms with Crippen LogP contribution in [0.3, 0.4) is 0 Å². The molecule has 1 aliphatic heterocycles. The van der Waals surface area contributed by atoms with Gasteiger partial charge >= 0.3 is 0 Å². The summed E-state index contributed by atoms with van der Waals surface area (Å²) in [7, 11) is 0. The molecule has 0 radical (unpaired) electrons. The summed E-state index contributed by atoms with van der Waals surface area (Å²) in [5, 5.41) is 3.38. The fourth-order valence-electron chi connectivity index (χ4n) is 2.34. The third-order valence-corrected chi connectivity index (χ3v) is 3.13. The Kier molecular flexibility index (Phi) is 4.02. The van der Waals surface area contributed by atoms with Crippen LogP contribution in [-0.4, -0.2) is 37.6 Å². The Balaban J connectivity index is 1.77. The molecule has 1 N–H and O–H groups in total. The van der Waals surface area contributed by atoms with Crippen molar-refractivity contribution < 1.29 is 4.42 Å². The van der Waals surface area contributed by atoms with E-state index in [1.54, 1.807) is 0 Å². The maximum Gasteiger partial charge on any atom is 0.104 e. The molecule has 2 heterocycles. The lowest BCUT2D eigenvalue weighted by Crippen LogP contribution is -2.45. The van der Waals surface area contributed by atoms with Crippen LogP contribution < -0.4 is 5.32 Å². The standard InChI is InChI=1S/C13H22N2O/c1-11(9-13-4-3-12(2)16-13)10-15-7-5-14-6-8-15/h3-4,11,14H,5-10H2,1-2H3. The van der Waals surface area contributed by atoms with Gasteiger partial charge < -0.3 is 14.6 Å². The van der Waals surface area contributed by atoms with E-state index in [9.17, 15) is 0 Å². The van der Waals surface area contributed by atoms with Crippen LogP contribution in [0.2, 0.25) is 0 Å². The molecular formula is C13H22N2O. The van der Waals surface area contributed by atoms with E-state index >= 15 is 0 Å². The van der Waals surface area contributed by atoms with Crippen molar-refractivity contribution in [3.63, 3.8) is 0 Å². The molecule has 3 heteroatoms.